The first kappa shape index (κ1) is 31.3. The molecular formula is C35H32F5N3O4. The molecule has 2 N–H and O–H groups in total. The van der Waals surface area contributed by atoms with Crippen LogP contribution in [0.15, 0.2) is 65.5 Å². The number of piperidine rings is 1. The third-order valence-corrected chi connectivity index (χ3v) is 10.5. The number of aromatic nitrogens is 1. The summed E-state index contributed by atoms with van der Waals surface area (Å²) >= 11 is 0. The number of hydrogen-bond acceptors (Lipinski definition) is 4. The summed E-state index contributed by atoms with van der Waals surface area (Å²) in [6.45, 7) is 0.530. The van der Waals surface area contributed by atoms with E-state index in [0.29, 0.717) is 35.6 Å². The lowest BCUT2D eigenvalue weighted by Crippen LogP contribution is -2.79. The first-order valence-corrected chi connectivity index (χ1v) is 15.5. The maximum absolute atomic E-state index is 14.6. The van der Waals surface area contributed by atoms with Crippen molar-refractivity contribution in [2.24, 2.45) is 12.5 Å². The molecule has 0 radical (unpaired) electrons. The van der Waals surface area contributed by atoms with Crippen LogP contribution in [0.25, 0.3) is 32.8 Å². The van der Waals surface area contributed by atoms with Crippen molar-refractivity contribution in [1.29, 1.82) is 0 Å². The number of para-hydroxylation sites is 1. The van der Waals surface area contributed by atoms with Crippen molar-refractivity contribution in [2.75, 3.05) is 13.1 Å². The van der Waals surface area contributed by atoms with Crippen LogP contribution in [-0.2, 0) is 29.2 Å². The van der Waals surface area contributed by atoms with Crippen molar-refractivity contribution in [3.05, 3.63) is 82.1 Å². The number of fused-ring (bicyclic) bond motifs is 2. The smallest absolute Gasteiger partial charge is 0.417 e. The molecule has 1 aromatic heterocycles. The van der Waals surface area contributed by atoms with E-state index in [4.69, 9.17) is 0 Å². The average Bonchev–Trinajstić information content (AvgIpc) is 2.97. The molecule has 8 rings (SSSR count). The predicted molar refractivity (Wildman–Crippen MR) is 165 cm³/mol. The van der Waals surface area contributed by atoms with Gasteiger partial charge >= 0.3 is 12.1 Å². The number of aliphatic carboxylic acids is 1. The molecule has 3 saturated carbocycles. The molecule has 1 amide bonds. The van der Waals surface area contributed by atoms with Gasteiger partial charge in [-0.05, 0) is 47.2 Å². The number of carbonyl (C=O) groups is 2. The van der Waals surface area contributed by atoms with Crippen LogP contribution in [0.1, 0.15) is 43.2 Å². The number of carboxylic acid groups (broad SMARTS) is 1. The summed E-state index contributed by atoms with van der Waals surface area (Å²) in [5, 5.41) is 13.4. The van der Waals surface area contributed by atoms with Gasteiger partial charge in [0, 0.05) is 50.3 Å². The summed E-state index contributed by atoms with van der Waals surface area (Å²) in [7, 11) is 1.42. The number of halogens is 5. The van der Waals surface area contributed by atoms with Gasteiger partial charge in [-0.2, -0.15) is 13.2 Å². The van der Waals surface area contributed by atoms with Crippen LogP contribution in [0.4, 0.5) is 22.0 Å². The minimum atomic E-state index is -4.85. The number of carboxylic acids is 1. The largest absolute Gasteiger partial charge is 0.480 e. The Kier molecular flexibility index (Phi) is 7.05. The van der Waals surface area contributed by atoms with Gasteiger partial charge in [0.1, 0.15) is 6.04 Å². The van der Waals surface area contributed by atoms with Gasteiger partial charge in [0.2, 0.25) is 5.91 Å². The second kappa shape index (κ2) is 10.6. The van der Waals surface area contributed by atoms with Gasteiger partial charge in [-0.25, -0.2) is 13.6 Å². The second-order valence-electron chi connectivity index (χ2n) is 13.4. The number of nitrogens with zero attached hydrogens (tertiary/aromatic N) is 2. The number of hydrogen-bond donors (Lipinski definition) is 2. The number of likely N-dealkylation sites (tertiary alicyclic amines) is 1. The zero-order valence-electron chi connectivity index (χ0n) is 25.5. The number of rotatable bonds is 7. The molecule has 2 bridgehead atoms. The topological polar surface area (TPSA) is 91.6 Å². The summed E-state index contributed by atoms with van der Waals surface area (Å²) in [5.74, 6) is -4.34. The third kappa shape index (κ3) is 4.99. The molecule has 3 aliphatic carbocycles. The number of alkyl halides is 5. The highest BCUT2D eigenvalue weighted by atomic mass is 19.4. The summed E-state index contributed by atoms with van der Waals surface area (Å²) in [4.78, 5) is 41.3. The Morgan fingerprint density at radius 1 is 0.915 bits per heavy atom. The maximum Gasteiger partial charge on any atom is 0.417 e. The molecule has 0 spiro atoms. The summed E-state index contributed by atoms with van der Waals surface area (Å²) in [6.07, 6.45) is -3.95. The molecule has 1 atom stereocenters. The van der Waals surface area contributed by atoms with E-state index in [1.54, 1.807) is 30.3 Å². The van der Waals surface area contributed by atoms with E-state index < -0.39 is 52.1 Å². The zero-order chi connectivity index (χ0) is 33.5. The van der Waals surface area contributed by atoms with E-state index in [-0.39, 0.29) is 54.4 Å². The molecular weight excluding hydrogens is 621 g/mol. The molecule has 246 valence electrons. The molecule has 1 saturated heterocycles. The van der Waals surface area contributed by atoms with Crippen LogP contribution >= 0.6 is 0 Å². The van der Waals surface area contributed by atoms with Gasteiger partial charge < -0.3 is 15.0 Å². The van der Waals surface area contributed by atoms with Gasteiger partial charge in [0.25, 0.3) is 11.5 Å². The maximum atomic E-state index is 14.6. The zero-order valence-corrected chi connectivity index (χ0v) is 25.5. The lowest BCUT2D eigenvalue weighted by molar-refractivity contribution is -0.231. The van der Waals surface area contributed by atoms with Gasteiger partial charge in [0.05, 0.1) is 22.1 Å². The van der Waals surface area contributed by atoms with Crippen LogP contribution in [0.3, 0.4) is 0 Å². The summed E-state index contributed by atoms with van der Waals surface area (Å²) < 4.78 is 72.4. The van der Waals surface area contributed by atoms with E-state index in [1.165, 1.54) is 41.9 Å². The van der Waals surface area contributed by atoms with Crippen molar-refractivity contribution in [2.45, 2.75) is 62.2 Å². The highest BCUT2D eigenvalue weighted by molar-refractivity contribution is 6.02. The molecule has 3 aromatic carbocycles. The SMILES string of the molecule is Cn1c(=O)c(-c2cccc3c(C[C@H](NC(=O)C45CC(N6CCC(F)(F)CC6)(C4)C5)C(=O)O)cccc23)c(C(F)(F)F)c2ccccc21. The van der Waals surface area contributed by atoms with E-state index in [1.807, 2.05) is 4.90 Å². The molecule has 7 nitrogen and oxygen atoms in total. The number of amides is 1. The van der Waals surface area contributed by atoms with Crippen LogP contribution in [-0.4, -0.2) is 57.0 Å². The standard InChI is InChI=1S/C35H32F5N3O4/c1-42-26-11-3-2-7-24(26)28(35(38,39)40)27(29(42)44)23-10-5-8-21-20(6-4-9-22(21)23)16-25(30(45)46)41-31(47)32-17-33(18-32,19-32)43-14-12-34(36,37)13-15-43/h2-11,25H,12-19H2,1H3,(H,41,47)(H,45,46)/t25-,32?,33?/m0/s1. The normalized spacial score (nSPS) is 24.4. The molecule has 4 fully saturated rings. The van der Waals surface area contributed by atoms with E-state index in [2.05, 4.69) is 5.32 Å². The number of pyridine rings is 1. The van der Waals surface area contributed by atoms with Gasteiger partial charge in [-0.15, -0.1) is 0 Å². The monoisotopic (exact) mass is 653 g/mol. The Hall–Kier alpha value is -4.32. The Morgan fingerprint density at radius 3 is 2.19 bits per heavy atom. The van der Waals surface area contributed by atoms with Crippen LogP contribution in [0.5, 0.6) is 0 Å². The molecule has 4 aromatic rings. The first-order chi connectivity index (χ1) is 22.1. The van der Waals surface area contributed by atoms with Gasteiger partial charge in [0.15, 0.2) is 0 Å². The molecule has 2 heterocycles. The van der Waals surface area contributed by atoms with E-state index in [0.717, 1.165) is 0 Å². The number of benzene rings is 3. The highest BCUT2D eigenvalue weighted by Gasteiger charge is 2.73. The first-order valence-electron chi connectivity index (χ1n) is 15.5. The van der Waals surface area contributed by atoms with E-state index in [9.17, 15) is 41.4 Å². The Balaban J connectivity index is 1.18. The number of nitrogens with one attached hydrogen (secondary N) is 1. The quantitative estimate of drug-likeness (QED) is 0.234. The average molecular weight is 654 g/mol. The van der Waals surface area contributed by atoms with Crippen LogP contribution in [0, 0.1) is 5.41 Å². The van der Waals surface area contributed by atoms with Crippen LogP contribution < -0.4 is 10.9 Å². The fourth-order valence-corrected chi connectivity index (χ4v) is 8.16. The number of carbonyl (C=O) groups excluding carboxylic acids is 1. The fourth-order valence-electron chi connectivity index (χ4n) is 8.16. The van der Waals surface area contributed by atoms with E-state index >= 15 is 0 Å². The highest BCUT2D eigenvalue weighted by Crippen LogP contribution is 2.70. The Labute approximate surface area is 266 Å². The Morgan fingerprint density at radius 2 is 1.53 bits per heavy atom. The summed E-state index contributed by atoms with van der Waals surface area (Å²) in [5.41, 5.74) is -2.70. The predicted octanol–water partition coefficient (Wildman–Crippen LogP) is 6.14. The van der Waals surface area contributed by atoms with Crippen LogP contribution in [0.2, 0.25) is 0 Å². The molecule has 47 heavy (non-hydrogen) atoms. The lowest BCUT2D eigenvalue weighted by atomic mass is 9.38. The van der Waals surface area contributed by atoms with Crippen molar-refractivity contribution in [1.82, 2.24) is 14.8 Å². The number of aryl methyl sites for hydroxylation is 1. The van der Waals surface area contributed by atoms with Gasteiger partial charge in [-0.3, -0.25) is 14.5 Å². The minimum Gasteiger partial charge on any atom is -0.480 e. The van der Waals surface area contributed by atoms with Gasteiger partial charge in [-0.1, -0.05) is 54.6 Å². The third-order valence-electron chi connectivity index (χ3n) is 10.5. The van der Waals surface area contributed by atoms with Crippen molar-refractivity contribution >= 4 is 33.6 Å². The minimum absolute atomic E-state index is 0.0635. The molecule has 1 aliphatic heterocycles. The second-order valence-corrected chi connectivity index (χ2v) is 13.4. The van der Waals surface area contributed by atoms with Crippen molar-refractivity contribution < 1.29 is 36.6 Å². The Bertz CT molecular complexity index is 1990. The molecule has 12 heteroatoms. The van der Waals surface area contributed by atoms with Crippen molar-refractivity contribution in [3.8, 4) is 11.1 Å². The molecule has 0 unspecified atom stereocenters. The summed E-state index contributed by atoms with van der Waals surface area (Å²) in [6, 6.07) is 14.0. The molecule has 4 aliphatic rings. The lowest BCUT2D eigenvalue weighted by Gasteiger charge is -2.73. The van der Waals surface area contributed by atoms with Crippen molar-refractivity contribution in [3.63, 3.8) is 0 Å². The fraction of sp³-hybridized carbons (Fsp3) is 0.400.